The van der Waals surface area contributed by atoms with Crippen molar-refractivity contribution in [2.45, 2.75) is 0 Å². The lowest BCUT2D eigenvalue weighted by molar-refractivity contribution is 0.213. The largest absolute Gasteiger partial charge is 0.479 e. The van der Waals surface area contributed by atoms with Crippen LogP contribution in [-0.4, -0.2) is 35.2 Å². The number of oxime groups is 1. The number of nitrogens with zero attached hydrogens (tertiary/aromatic N) is 4. The number of methoxy groups -OCH3 is 1. The minimum atomic E-state index is -0.503. The molecule has 23 heavy (non-hydrogen) atoms. The number of para-hydroxylation sites is 1. The Morgan fingerprint density at radius 3 is 2.78 bits per heavy atom. The van der Waals surface area contributed by atoms with E-state index in [4.69, 9.17) is 19.6 Å². The Balaban J connectivity index is 2.48. The highest BCUT2D eigenvalue weighted by Gasteiger charge is 2.19. The molecule has 0 unspecified atom stereocenters. The van der Waals surface area contributed by atoms with Crippen molar-refractivity contribution in [3.8, 4) is 17.1 Å². The monoisotopic (exact) mass is 333 g/mol. The number of H-pyrrole nitrogens is 1. The summed E-state index contributed by atoms with van der Waals surface area (Å²) in [6.07, 6.45) is 1.63. The number of ether oxygens (including phenoxy) is 2. The predicted molar refractivity (Wildman–Crippen MR) is 82.9 cm³/mol. The summed E-state index contributed by atoms with van der Waals surface area (Å²) < 4.78 is 13.1. The van der Waals surface area contributed by atoms with Gasteiger partial charge in [0.15, 0.2) is 5.71 Å². The first-order valence-corrected chi connectivity index (χ1v) is 6.96. The van der Waals surface area contributed by atoms with Crippen LogP contribution >= 0.6 is 11.5 Å². The average Bonchev–Trinajstić information content (AvgIpc) is 2.96. The third-order valence-corrected chi connectivity index (χ3v) is 3.11. The standard InChI is InChI=1S/C13H11N5O4S/c1-20-11(15-7-14)10(17-21-2)8-5-3-4-6-9(8)22-13-16-12(19)18-23-13/h3-6H,1-2H3,(H,18,19)/b15-11?,17-10+. The molecule has 0 bridgehead atoms. The number of rotatable bonds is 5. The fourth-order valence-corrected chi connectivity index (χ4v) is 2.12. The first-order valence-electron chi connectivity index (χ1n) is 6.14. The van der Waals surface area contributed by atoms with Gasteiger partial charge in [0.05, 0.1) is 12.7 Å². The van der Waals surface area contributed by atoms with Gasteiger partial charge in [0.25, 0.3) is 11.1 Å². The summed E-state index contributed by atoms with van der Waals surface area (Å²) in [6.45, 7) is 0. The Bertz CT molecular complexity index is 833. The molecule has 1 N–H and O–H groups in total. The zero-order valence-electron chi connectivity index (χ0n) is 12.1. The third-order valence-electron chi connectivity index (χ3n) is 2.49. The van der Waals surface area contributed by atoms with Crippen molar-refractivity contribution in [3.05, 3.63) is 40.3 Å². The summed E-state index contributed by atoms with van der Waals surface area (Å²) >= 11 is 0.947. The molecule has 0 spiro atoms. The van der Waals surface area contributed by atoms with E-state index in [9.17, 15) is 4.79 Å². The molecule has 0 saturated heterocycles. The molecule has 2 aromatic rings. The maximum absolute atomic E-state index is 11.1. The van der Waals surface area contributed by atoms with Gasteiger partial charge in [-0.1, -0.05) is 17.3 Å². The molecule has 1 heterocycles. The van der Waals surface area contributed by atoms with Crippen LogP contribution in [-0.2, 0) is 9.57 Å². The van der Waals surface area contributed by atoms with E-state index in [1.54, 1.807) is 30.5 Å². The molecule has 1 aromatic carbocycles. The van der Waals surface area contributed by atoms with E-state index < -0.39 is 5.69 Å². The highest BCUT2D eigenvalue weighted by atomic mass is 32.1. The molecule has 0 aliphatic carbocycles. The summed E-state index contributed by atoms with van der Waals surface area (Å²) in [7, 11) is 2.70. The number of aromatic nitrogens is 2. The summed E-state index contributed by atoms with van der Waals surface area (Å²) in [4.78, 5) is 23.1. The lowest BCUT2D eigenvalue weighted by atomic mass is 10.1. The van der Waals surface area contributed by atoms with Crippen LogP contribution < -0.4 is 10.4 Å². The molecule has 0 aliphatic heterocycles. The Morgan fingerprint density at radius 2 is 2.17 bits per heavy atom. The summed E-state index contributed by atoms with van der Waals surface area (Å²) in [5, 5.41) is 12.7. The van der Waals surface area contributed by atoms with Gasteiger partial charge in [-0.2, -0.15) is 5.26 Å². The molecule has 0 fully saturated rings. The molecule has 9 nitrogen and oxygen atoms in total. The maximum Gasteiger partial charge on any atom is 0.358 e. The Hall–Kier alpha value is -3.19. The Kier molecular flexibility index (Phi) is 5.43. The number of nitriles is 1. The van der Waals surface area contributed by atoms with Gasteiger partial charge in [0, 0.05) is 11.5 Å². The molecule has 118 valence electrons. The second-order valence-corrected chi connectivity index (χ2v) is 4.59. The van der Waals surface area contributed by atoms with Crippen molar-refractivity contribution in [3.63, 3.8) is 0 Å². The lowest BCUT2D eigenvalue weighted by Crippen LogP contribution is -2.18. The third kappa shape index (κ3) is 3.92. The predicted octanol–water partition coefficient (Wildman–Crippen LogP) is 1.50. The molecule has 0 atom stereocenters. The second kappa shape index (κ2) is 7.71. The molecule has 0 aliphatic rings. The van der Waals surface area contributed by atoms with Crippen molar-refractivity contribution >= 4 is 23.1 Å². The summed E-state index contributed by atoms with van der Waals surface area (Å²) in [5.74, 6) is 0.300. The number of aliphatic imine (C=N–C) groups is 1. The average molecular weight is 333 g/mol. The SMILES string of the molecule is CO/N=C(/C(=NC#N)OC)c1ccccc1Oc1nc(=O)[nH]s1. The summed E-state index contributed by atoms with van der Waals surface area (Å²) in [6, 6.07) is 6.78. The molecular formula is C13H11N5O4S. The van der Waals surface area contributed by atoms with Gasteiger partial charge in [-0.25, -0.2) is 4.79 Å². The number of aromatic amines is 1. The van der Waals surface area contributed by atoms with E-state index in [1.165, 1.54) is 14.2 Å². The second-order valence-electron chi connectivity index (χ2n) is 3.83. The smallest absolute Gasteiger partial charge is 0.358 e. The van der Waals surface area contributed by atoms with E-state index >= 15 is 0 Å². The van der Waals surface area contributed by atoms with Crippen LogP contribution in [0.4, 0.5) is 0 Å². The van der Waals surface area contributed by atoms with Crippen molar-refractivity contribution in [2.24, 2.45) is 10.1 Å². The minimum absolute atomic E-state index is 0.0411. The van der Waals surface area contributed by atoms with Gasteiger partial charge in [-0.3, -0.25) is 4.37 Å². The first kappa shape index (κ1) is 16.2. The lowest BCUT2D eigenvalue weighted by Gasteiger charge is -2.11. The van der Waals surface area contributed by atoms with E-state index in [1.807, 2.05) is 0 Å². The van der Waals surface area contributed by atoms with Crippen LogP contribution in [0.3, 0.4) is 0 Å². The fraction of sp³-hybridized carbons (Fsp3) is 0.154. The van der Waals surface area contributed by atoms with Gasteiger partial charge in [-0.15, -0.1) is 9.98 Å². The van der Waals surface area contributed by atoms with Crippen LogP contribution in [0.5, 0.6) is 10.9 Å². The molecular weight excluding hydrogens is 322 g/mol. The van der Waals surface area contributed by atoms with Gasteiger partial charge < -0.3 is 14.3 Å². The molecule has 0 radical (unpaired) electrons. The van der Waals surface area contributed by atoms with Crippen molar-refractivity contribution in [2.75, 3.05) is 14.2 Å². The minimum Gasteiger partial charge on any atom is -0.479 e. The quantitative estimate of drug-likeness (QED) is 0.383. The highest BCUT2D eigenvalue weighted by Crippen LogP contribution is 2.26. The Labute approximate surface area is 134 Å². The molecule has 0 saturated carbocycles. The van der Waals surface area contributed by atoms with E-state index in [-0.39, 0.29) is 16.8 Å². The first-order chi connectivity index (χ1) is 11.2. The van der Waals surface area contributed by atoms with Crippen LogP contribution in [0.25, 0.3) is 0 Å². The number of nitrogens with one attached hydrogen (secondary N) is 1. The normalized spacial score (nSPS) is 11.7. The van der Waals surface area contributed by atoms with Crippen LogP contribution in [0, 0.1) is 11.5 Å². The highest BCUT2D eigenvalue weighted by molar-refractivity contribution is 7.07. The van der Waals surface area contributed by atoms with Crippen LogP contribution in [0.2, 0.25) is 0 Å². The number of hydrogen-bond donors (Lipinski definition) is 1. The topological polar surface area (TPSA) is 122 Å². The van der Waals surface area contributed by atoms with Crippen molar-refractivity contribution in [1.29, 1.82) is 5.26 Å². The maximum atomic E-state index is 11.1. The van der Waals surface area contributed by atoms with Crippen LogP contribution in [0.1, 0.15) is 5.56 Å². The van der Waals surface area contributed by atoms with Crippen molar-refractivity contribution in [1.82, 2.24) is 9.36 Å². The number of benzene rings is 1. The van der Waals surface area contributed by atoms with Gasteiger partial charge in [0.2, 0.25) is 6.19 Å². The molecule has 10 heteroatoms. The van der Waals surface area contributed by atoms with E-state index in [0.29, 0.717) is 11.3 Å². The molecule has 2 rings (SSSR count). The molecule has 1 aromatic heterocycles. The van der Waals surface area contributed by atoms with Gasteiger partial charge in [0.1, 0.15) is 12.9 Å². The fourth-order valence-electron chi connectivity index (χ4n) is 1.64. The van der Waals surface area contributed by atoms with Gasteiger partial charge >= 0.3 is 5.69 Å². The van der Waals surface area contributed by atoms with Gasteiger partial charge in [-0.05, 0) is 12.1 Å². The zero-order valence-corrected chi connectivity index (χ0v) is 13.0. The Morgan fingerprint density at radius 1 is 1.39 bits per heavy atom. The van der Waals surface area contributed by atoms with E-state index in [2.05, 4.69) is 19.5 Å². The van der Waals surface area contributed by atoms with Crippen molar-refractivity contribution < 1.29 is 14.3 Å². The number of hydrogen-bond acceptors (Lipinski definition) is 9. The summed E-state index contributed by atoms with van der Waals surface area (Å²) in [5.41, 5.74) is 0.111. The van der Waals surface area contributed by atoms with E-state index in [0.717, 1.165) is 11.5 Å². The van der Waals surface area contributed by atoms with Crippen LogP contribution in [0.15, 0.2) is 39.2 Å². The molecule has 0 amide bonds. The zero-order chi connectivity index (χ0) is 16.7.